The predicted molar refractivity (Wildman–Crippen MR) is 52.0 cm³/mol. The molecule has 0 unspecified atom stereocenters. The number of nitrogens with zero attached hydrogens (tertiary/aromatic N) is 2. The fourth-order valence-electron chi connectivity index (χ4n) is 1.52. The van der Waals surface area contributed by atoms with Crippen LogP contribution in [-0.4, -0.2) is 20.6 Å². The Labute approximate surface area is 85.0 Å². The SMILES string of the molecule is Cn1c(CC(=O)O)nc2c(F)cccc21. The average Bonchev–Trinajstić information content (AvgIpc) is 2.46. The normalized spacial score (nSPS) is 10.8. The van der Waals surface area contributed by atoms with Crippen LogP contribution in [0.5, 0.6) is 0 Å². The molecular weight excluding hydrogens is 199 g/mol. The molecule has 2 aromatic rings. The summed E-state index contributed by atoms with van der Waals surface area (Å²) in [5.74, 6) is -1.06. The van der Waals surface area contributed by atoms with E-state index in [0.717, 1.165) is 0 Å². The number of hydrogen-bond donors (Lipinski definition) is 1. The molecule has 0 aliphatic heterocycles. The van der Waals surface area contributed by atoms with E-state index in [-0.39, 0.29) is 11.9 Å². The van der Waals surface area contributed by atoms with Gasteiger partial charge in [0.25, 0.3) is 0 Å². The summed E-state index contributed by atoms with van der Waals surface area (Å²) in [5, 5.41) is 8.64. The van der Waals surface area contributed by atoms with Gasteiger partial charge in [0.2, 0.25) is 0 Å². The molecule has 0 atom stereocenters. The maximum absolute atomic E-state index is 13.3. The lowest BCUT2D eigenvalue weighted by Crippen LogP contribution is -2.06. The van der Waals surface area contributed by atoms with Gasteiger partial charge in [-0.2, -0.15) is 0 Å². The van der Waals surface area contributed by atoms with Crippen molar-refractivity contribution in [2.75, 3.05) is 0 Å². The van der Waals surface area contributed by atoms with Gasteiger partial charge in [-0.3, -0.25) is 4.79 Å². The van der Waals surface area contributed by atoms with Crippen molar-refractivity contribution in [1.29, 1.82) is 0 Å². The molecule has 15 heavy (non-hydrogen) atoms. The number of halogens is 1. The Morgan fingerprint density at radius 2 is 2.33 bits per heavy atom. The summed E-state index contributed by atoms with van der Waals surface area (Å²) < 4.78 is 14.9. The average molecular weight is 208 g/mol. The van der Waals surface area contributed by atoms with Gasteiger partial charge in [-0.05, 0) is 12.1 Å². The molecule has 1 aromatic heterocycles. The van der Waals surface area contributed by atoms with Crippen LogP contribution in [0.4, 0.5) is 4.39 Å². The highest BCUT2D eigenvalue weighted by Gasteiger charge is 2.12. The third-order valence-corrected chi connectivity index (χ3v) is 2.26. The van der Waals surface area contributed by atoms with Gasteiger partial charge >= 0.3 is 5.97 Å². The van der Waals surface area contributed by atoms with E-state index in [1.807, 2.05) is 0 Å². The van der Waals surface area contributed by atoms with Crippen LogP contribution in [0.1, 0.15) is 5.82 Å². The highest BCUT2D eigenvalue weighted by molar-refractivity contribution is 5.78. The molecule has 1 aromatic carbocycles. The lowest BCUT2D eigenvalue weighted by Gasteiger charge is -1.98. The summed E-state index contributed by atoms with van der Waals surface area (Å²) in [6, 6.07) is 4.58. The smallest absolute Gasteiger partial charge is 0.311 e. The van der Waals surface area contributed by atoms with Crippen molar-refractivity contribution in [3.8, 4) is 0 Å². The minimum atomic E-state index is -0.978. The zero-order valence-electron chi connectivity index (χ0n) is 8.07. The standard InChI is InChI=1S/C10H9FN2O2/c1-13-7-4-2-3-6(11)10(7)12-8(13)5-9(14)15/h2-4H,5H2,1H3,(H,14,15). The highest BCUT2D eigenvalue weighted by atomic mass is 19.1. The minimum Gasteiger partial charge on any atom is -0.481 e. The van der Waals surface area contributed by atoms with Gasteiger partial charge < -0.3 is 9.67 Å². The number of para-hydroxylation sites is 1. The molecule has 0 aliphatic rings. The monoisotopic (exact) mass is 208 g/mol. The third-order valence-electron chi connectivity index (χ3n) is 2.26. The van der Waals surface area contributed by atoms with Crippen molar-refractivity contribution in [3.63, 3.8) is 0 Å². The first-order valence-electron chi connectivity index (χ1n) is 4.41. The molecule has 2 rings (SSSR count). The number of carboxylic acids is 1. The second-order valence-corrected chi connectivity index (χ2v) is 3.27. The Balaban J connectivity index is 2.64. The van der Waals surface area contributed by atoms with Crippen LogP contribution in [0.2, 0.25) is 0 Å². The summed E-state index contributed by atoms with van der Waals surface area (Å²) in [6.45, 7) is 0. The van der Waals surface area contributed by atoms with Gasteiger partial charge in [-0.25, -0.2) is 9.37 Å². The molecule has 0 bridgehead atoms. The molecule has 0 amide bonds. The molecule has 0 fully saturated rings. The first kappa shape index (κ1) is 9.64. The largest absolute Gasteiger partial charge is 0.481 e. The van der Waals surface area contributed by atoms with E-state index in [1.54, 1.807) is 23.7 Å². The van der Waals surface area contributed by atoms with Crippen LogP contribution in [0, 0.1) is 5.82 Å². The van der Waals surface area contributed by atoms with Crippen molar-refractivity contribution in [2.24, 2.45) is 7.05 Å². The van der Waals surface area contributed by atoms with Crippen LogP contribution >= 0.6 is 0 Å². The fourth-order valence-corrected chi connectivity index (χ4v) is 1.52. The van der Waals surface area contributed by atoms with Crippen LogP contribution in [0.25, 0.3) is 11.0 Å². The van der Waals surface area contributed by atoms with Crippen LogP contribution in [0.3, 0.4) is 0 Å². The van der Waals surface area contributed by atoms with Crippen molar-refractivity contribution >= 4 is 17.0 Å². The maximum atomic E-state index is 13.3. The summed E-state index contributed by atoms with van der Waals surface area (Å²) in [6.07, 6.45) is -0.204. The number of aryl methyl sites for hydroxylation is 1. The molecule has 0 saturated heterocycles. The second kappa shape index (κ2) is 3.34. The lowest BCUT2D eigenvalue weighted by atomic mass is 10.3. The molecule has 0 spiro atoms. The summed E-state index contributed by atoms with van der Waals surface area (Å²) in [7, 11) is 1.67. The van der Waals surface area contributed by atoms with Crippen LogP contribution in [-0.2, 0) is 18.3 Å². The number of hydrogen-bond acceptors (Lipinski definition) is 2. The number of imidazole rings is 1. The van der Waals surface area contributed by atoms with Crippen molar-refractivity contribution in [2.45, 2.75) is 6.42 Å². The number of aromatic nitrogens is 2. The predicted octanol–water partition coefficient (Wildman–Crippen LogP) is 1.34. The molecule has 0 radical (unpaired) electrons. The van der Waals surface area contributed by atoms with E-state index >= 15 is 0 Å². The quantitative estimate of drug-likeness (QED) is 0.810. The van der Waals surface area contributed by atoms with E-state index < -0.39 is 11.8 Å². The van der Waals surface area contributed by atoms with Gasteiger partial charge in [0, 0.05) is 7.05 Å². The highest BCUT2D eigenvalue weighted by Crippen LogP contribution is 2.17. The van der Waals surface area contributed by atoms with Crippen LogP contribution < -0.4 is 0 Å². The van der Waals surface area contributed by atoms with Crippen molar-refractivity contribution in [3.05, 3.63) is 29.8 Å². The number of fused-ring (bicyclic) bond motifs is 1. The molecule has 78 valence electrons. The Hall–Kier alpha value is -1.91. The third kappa shape index (κ3) is 1.56. The summed E-state index contributed by atoms with van der Waals surface area (Å²) in [4.78, 5) is 14.5. The Kier molecular flexibility index (Phi) is 2.15. The van der Waals surface area contributed by atoms with Gasteiger partial charge in [0.05, 0.1) is 5.52 Å². The fraction of sp³-hybridized carbons (Fsp3) is 0.200. The second-order valence-electron chi connectivity index (χ2n) is 3.27. The molecule has 0 aliphatic carbocycles. The topological polar surface area (TPSA) is 55.1 Å². The summed E-state index contributed by atoms with van der Waals surface area (Å²) >= 11 is 0. The van der Waals surface area contributed by atoms with E-state index in [9.17, 15) is 9.18 Å². The molecule has 0 saturated carbocycles. The maximum Gasteiger partial charge on any atom is 0.311 e. The van der Waals surface area contributed by atoms with E-state index in [0.29, 0.717) is 11.3 Å². The molecular formula is C10H9FN2O2. The van der Waals surface area contributed by atoms with E-state index in [2.05, 4.69) is 4.98 Å². The van der Waals surface area contributed by atoms with Crippen LogP contribution in [0.15, 0.2) is 18.2 Å². The summed E-state index contributed by atoms with van der Waals surface area (Å²) in [5.41, 5.74) is 0.822. The van der Waals surface area contributed by atoms with E-state index in [1.165, 1.54) is 6.07 Å². The zero-order valence-corrected chi connectivity index (χ0v) is 8.07. The van der Waals surface area contributed by atoms with Gasteiger partial charge in [0.1, 0.15) is 17.8 Å². The number of carbonyl (C=O) groups is 1. The molecule has 1 heterocycles. The minimum absolute atomic E-state index is 0.204. The first-order valence-corrected chi connectivity index (χ1v) is 4.41. The number of aliphatic carboxylic acids is 1. The molecule has 1 N–H and O–H groups in total. The zero-order chi connectivity index (χ0) is 11.0. The van der Waals surface area contributed by atoms with Gasteiger partial charge in [-0.15, -0.1) is 0 Å². The Morgan fingerprint density at radius 1 is 1.60 bits per heavy atom. The first-order chi connectivity index (χ1) is 7.09. The Bertz CT molecular complexity index is 533. The van der Waals surface area contributed by atoms with Crippen molar-refractivity contribution < 1.29 is 14.3 Å². The lowest BCUT2D eigenvalue weighted by molar-refractivity contribution is -0.136. The number of rotatable bonds is 2. The number of benzene rings is 1. The molecule has 5 heteroatoms. The Morgan fingerprint density at radius 3 is 2.93 bits per heavy atom. The van der Waals surface area contributed by atoms with Gasteiger partial charge in [0.15, 0.2) is 5.82 Å². The van der Waals surface area contributed by atoms with Gasteiger partial charge in [-0.1, -0.05) is 6.07 Å². The number of carboxylic acid groups (broad SMARTS) is 1. The van der Waals surface area contributed by atoms with E-state index in [4.69, 9.17) is 5.11 Å². The van der Waals surface area contributed by atoms with Crippen molar-refractivity contribution in [1.82, 2.24) is 9.55 Å². The molecule has 4 nitrogen and oxygen atoms in total.